The number of carboxylic acids is 2. The van der Waals surface area contributed by atoms with Gasteiger partial charge in [-0.25, -0.2) is 0 Å². The van der Waals surface area contributed by atoms with E-state index in [9.17, 15) is 28.8 Å². The maximum absolute atomic E-state index is 12.1. The zero-order valence-corrected chi connectivity index (χ0v) is 20.7. The molecule has 206 valence electrons. The van der Waals surface area contributed by atoms with Crippen molar-refractivity contribution in [2.45, 2.75) is 45.4 Å². The van der Waals surface area contributed by atoms with E-state index in [1.54, 1.807) is 0 Å². The van der Waals surface area contributed by atoms with Gasteiger partial charge in [0.25, 0.3) is 0 Å². The summed E-state index contributed by atoms with van der Waals surface area (Å²) in [5, 5.41) is 20.2. The summed E-state index contributed by atoms with van der Waals surface area (Å²) in [7, 11) is 0. The van der Waals surface area contributed by atoms with Crippen molar-refractivity contribution in [3.63, 3.8) is 0 Å². The highest BCUT2D eigenvalue weighted by Gasteiger charge is 2.21. The fourth-order valence-electron chi connectivity index (χ4n) is 2.96. The number of aliphatic carboxylic acids is 2. The van der Waals surface area contributed by atoms with Crippen molar-refractivity contribution in [2.24, 2.45) is 5.92 Å². The smallest absolute Gasteiger partial charge is 0.310 e. The molecule has 0 aromatic heterocycles. The lowest BCUT2D eigenvalue weighted by Gasteiger charge is -2.13. The summed E-state index contributed by atoms with van der Waals surface area (Å²) in [6, 6.07) is 0. The summed E-state index contributed by atoms with van der Waals surface area (Å²) in [6.07, 6.45) is -0.942. The van der Waals surface area contributed by atoms with Crippen molar-refractivity contribution in [3.8, 4) is 0 Å². The lowest BCUT2D eigenvalue weighted by molar-refractivity contribution is -0.140. The first-order valence-electron chi connectivity index (χ1n) is 11.6. The molecule has 1 amide bonds. The Labute approximate surface area is 209 Å². The van der Waals surface area contributed by atoms with Gasteiger partial charge in [0.2, 0.25) is 5.91 Å². The maximum atomic E-state index is 12.1. The summed E-state index contributed by atoms with van der Waals surface area (Å²) in [5.41, 5.74) is 0. The first-order valence-corrected chi connectivity index (χ1v) is 11.6. The van der Waals surface area contributed by atoms with Gasteiger partial charge < -0.3 is 34.5 Å². The van der Waals surface area contributed by atoms with Gasteiger partial charge in [0, 0.05) is 38.8 Å². The van der Waals surface area contributed by atoms with Gasteiger partial charge in [0.05, 0.1) is 33.0 Å². The predicted octanol–water partition coefficient (Wildman–Crippen LogP) is 0.0222. The fourth-order valence-corrected chi connectivity index (χ4v) is 2.96. The zero-order valence-electron chi connectivity index (χ0n) is 20.7. The molecule has 0 heterocycles. The largest absolute Gasteiger partial charge is 0.481 e. The molecule has 3 N–H and O–H groups in total. The Morgan fingerprint density at radius 1 is 0.694 bits per heavy atom. The number of nitrogens with one attached hydrogen (secondary N) is 1. The monoisotopic (exact) mass is 519 g/mol. The molecule has 0 saturated carbocycles. The Bertz CT molecular complexity index is 709. The van der Waals surface area contributed by atoms with E-state index in [4.69, 9.17) is 29.2 Å². The SMILES string of the molecule is CC(=O)COCCOCCNC(=O)COCCOCCCC(=O)CC(CC(=O)O)CC(=O)CC(=O)O. The van der Waals surface area contributed by atoms with Gasteiger partial charge in [-0.3, -0.25) is 28.8 Å². The normalized spacial score (nSPS) is 11.6. The zero-order chi connectivity index (χ0) is 27.2. The van der Waals surface area contributed by atoms with Crippen LogP contribution in [0.4, 0.5) is 0 Å². The number of ketones is 3. The van der Waals surface area contributed by atoms with E-state index in [1.807, 2.05) is 0 Å². The number of carboxylic acid groups (broad SMARTS) is 2. The first-order chi connectivity index (χ1) is 17.1. The van der Waals surface area contributed by atoms with Crippen molar-refractivity contribution in [1.82, 2.24) is 5.32 Å². The second-order valence-electron chi connectivity index (χ2n) is 8.01. The van der Waals surface area contributed by atoms with Crippen LogP contribution in [0.25, 0.3) is 0 Å². The molecule has 0 rings (SSSR count). The van der Waals surface area contributed by atoms with Gasteiger partial charge in [-0.2, -0.15) is 0 Å². The molecule has 0 saturated heterocycles. The highest BCUT2D eigenvalue weighted by Crippen LogP contribution is 2.17. The number of Topliss-reactive ketones (excluding diaryl/α,β-unsaturated/α-hetero) is 3. The Morgan fingerprint density at radius 2 is 1.28 bits per heavy atom. The number of hydrogen-bond acceptors (Lipinski definition) is 10. The minimum atomic E-state index is -1.29. The molecule has 0 bridgehead atoms. The molecule has 0 radical (unpaired) electrons. The highest BCUT2D eigenvalue weighted by atomic mass is 16.5. The third kappa shape index (κ3) is 23.0. The highest BCUT2D eigenvalue weighted by molar-refractivity contribution is 5.95. The number of carbonyl (C=O) groups is 6. The van der Waals surface area contributed by atoms with Crippen molar-refractivity contribution >= 4 is 35.2 Å². The second-order valence-corrected chi connectivity index (χ2v) is 8.01. The van der Waals surface area contributed by atoms with Crippen LogP contribution in [0.15, 0.2) is 0 Å². The molecular weight excluding hydrogens is 482 g/mol. The topological polar surface area (TPSA) is 192 Å². The fraction of sp³-hybridized carbons (Fsp3) is 0.739. The molecule has 0 aliphatic carbocycles. The molecule has 0 aromatic carbocycles. The van der Waals surface area contributed by atoms with Crippen LogP contribution in [0.5, 0.6) is 0 Å². The first kappa shape index (κ1) is 33.3. The van der Waals surface area contributed by atoms with Crippen molar-refractivity contribution in [2.75, 3.05) is 59.4 Å². The molecule has 13 nitrogen and oxygen atoms in total. The minimum Gasteiger partial charge on any atom is -0.481 e. The second kappa shape index (κ2) is 21.5. The van der Waals surface area contributed by atoms with E-state index in [1.165, 1.54) is 6.92 Å². The van der Waals surface area contributed by atoms with Crippen LogP contribution in [0.1, 0.15) is 45.4 Å². The van der Waals surface area contributed by atoms with Crippen LogP contribution < -0.4 is 5.32 Å². The molecule has 0 aliphatic heterocycles. The average molecular weight is 520 g/mol. The van der Waals surface area contributed by atoms with Gasteiger partial charge in [-0.05, 0) is 19.3 Å². The van der Waals surface area contributed by atoms with Crippen molar-refractivity contribution in [1.29, 1.82) is 0 Å². The van der Waals surface area contributed by atoms with Crippen LogP contribution in [0, 0.1) is 5.92 Å². The summed E-state index contributed by atoms with van der Waals surface area (Å²) >= 11 is 0. The van der Waals surface area contributed by atoms with Crippen LogP contribution in [-0.2, 0) is 47.7 Å². The Balaban J connectivity index is 3.74. The van der Waals surface area contributed by atoms with Gasteiger partial charge in [0.1, 0.15) is 31.2 Å². The number of hydrogen-bond donors (Lipinski definition) is 3. The van der Waals surface area contributed by atoms with E-state index in [0.717, 1.165) is 0 Å². The summed E-state index contributed by atoms with van der Waals surface area (Å²) in [4.78, 5) is 67.5. The van der Waals surface area contributed by atoms with Crippen LogP contribution in [0.2, 0.25) is 0 Å². The van der Waals surface area contributed by atoms with E-state index >= 15 is 0 Å². The molecule has 13 heteroatoms. The Kier molecular flexibility index (Phi) is 19.9. The number of amides is 1. The molecule has 1 unspecified atom stereocenters. The Hall–Kier alpha value is -2.74. The van der Waals surface area contributed by atoms with Crippen molar-refractivity contribution < 1.29 is 57.9 Å². The van der Waals surface area contributed by atoms with E-state index < -0.39 is 30.1 Å². The van der Waals surface area contributed by atoms with Crippen molar-refractivity contribution in [3.05, 3.63) is 0 Å². The third-order valence-electron chi connectivity index (χ3n) is 4.44. The summed E-state index contributed by atoms with van der Waals surface area (Å²) in [6.45, 7) is 3.21. The standard InChI is InChI=1S/C23H37NO12/c1-17(25)15-35-9-8-34-6-4-24-21(28)16-36-10-7-33-5-2-3-19(26)11-18(13-22(29)30)12-20(27)14-23(31)32/h18H,2-16H2,1H3,(H,24,28)(H,29,30)(H,31,32). The number of rotatable bonds is 25. The van der Waals surface area contributed by atoms with Gasteiger partial charge in [0.15, 0.2) is 5.78 Å². The molecule has 0 spiro atoms. The average Bonchev–Trinajstić information content (AvgIpc) is 2.76. The lowest BCUT2D eigenvalue weighted by atomic mass is 9.91. The van der Waals surface area contributed by atoms with E-state index in [-0.39, 0.29) is 76.2 Å². The predicted molar refractivity (Wildman–Crippen MR) is 123 cm³/mol. The lowest BCUT2D eigenvalue weighted by Crippen LogP contribution is -2.31. The van der Waals surface area contributed by atoms with Crippen LogP contribution >= 0.6 is 0 Å². The minimum absolute atomic E-state index is 0.0506. The van der Waals surface area contributed by atoms with Gasteiger partial charge in [-0.15, -0.1) is 0 Å². The molecule has 36 heavy (non-hydrogen) atoms. The van der Waals surface area contributed by atoms with E-state index in [0.29, 0.717) is 32.8 Å². The third-order valence-corrected chi connectivity index (χ3v) is 4.44. The summed E-state index contributed by atoms with van der Waals surface area (Å²) in [5.74, 6) is -4.40. The molecule has 1 atom stereocenters. The molecular formula is C23H37NO12. The van der Waals surface area contributed by atoms with Gasteiger partial charge in [-0.1, -0.05) is 0 Å². The Morgan fingerprint density at radius 3 is 1.89 bits per heavy atom. The maximum Gasteiger partial charge on any atom is 0.310 e. The van der Waals surface area contributed by atoms with Crippen LogP contribution in [0.3, 0.4) is 0 Å². The van der Waals surface area contributed by atoms with Crippen LogP contribution in [-0.4, -0.2) is 105 Å². The van der Waals surface area contributed by atoms with Gasteiger partial charge >= 0.3 is 11.9 Å². The summed E-state index contributed by atoms with van der Waals surface area (Å²) < 4.78 is 20.8. The number of carbonyl (C=O) groups excluding carboxylic acids is 4. The molecule has 0 aliphatic rings. The molecule has 0 fully saturated rings. The quantitative estimate of drug-likeness (QED) is 0.108. The number of ether oxygens (including phenoxy) is 4. The van der Waals surface area contributed by atoms with E-state index in [2.05, 4.69) is 5.32 Å². The molecule has 0 aromatic rings.